The summed E-state index contributed by atoms with van der Waals surface area (Å²) in [5.74, 6) is 0.913. The number of carbonyl (C=O) groups excluding carboxylic acids is 1. The summed E-state index contributed by atoms with van der Waals surface area (Å²) < 4.78 is 2.34. The van der Waals surface area contributed by atoms with Crippen molar-refractivity contribution in [3.05, 3.63) is 48.2 Å². The van der Waals surface area contributed by atoms with Gasteiger partial charge in [0.05, 0.1) is 11.0 Å². The van der Waals surface area contributed by atoms with Gasteiger partial charge in [-0.1, -0.05) is 25.3 Å². The molecule has 116 valence electrons. The zero-order valence-electron chi connectivity index (χ0n) is 13.0. The molecular weight excluding hydrogens is 286 g/mol. The van der Waals surface area contributed by atoms with Crippen LogP contribution in [0.4, 0.5) is 0 Å². The molecule has 2 heterocycles. The van der Waals surface area contributed by atoms with E-state index in [1.807, 2.05) is 36.4 Å². The summed E-state index contributed by atoms with van der Waals surface area (Å²) in [6, 6.07) is 12.1. The Hall–Kier alpha value is -2.49. The molecule has 0 unspecified atom stereocenters. The van der Waals surface area contributed by atoms with Gasteiger partial charge in [0.25, 0.3) is 0 Å². The summed E-state index contributed by atoms with van der Waals surface area (Å²) in [4.78, 5) is 20.4. The van der Waals surface area contributed by atoms with Crippen LogP contribution in [0.1, 0.15) is 48.5 Å². The van der Waals surface area contributed by atoms with Crippen LogP contribution in [0, 0.1) is 0 Å². The molecule has 4 heteroatoms. The van der Waals surface area contributed by atoms with E-state index >= 15 is 0 Å². The van der Waals surface area contributed by atoms with Gasteiger partial charge in [-0.15, -0.1) is 0 Å². The van der Waals surface area contributed by atoms with Crippen molar-refractivity contribution in [3.63, 3.8) is 0 Å². The minimum atomic E-state index is 0.466. The molecule has 1 aromatic carbocycles. The van der Waals surface area contributed by atoms with Gasteiger partial charge in [0.2, 0.25) is 0 Å². The van der Waals surface area contributed by atoms with E-state index in [0.29, 0.717) is 11.6 Å². The van der Waals surface area contributed by atoms with Crippen LogP contribution in [0.25, 0.3) is 22.6 Å². The van der Waals surface area contributed by atoms with E-state index in [1.165, 1.54) is 32.1 Å². The molecule has 23 heavy (non-hydrogen) atoms. The van der Waals surface area contributed by atoms with Crippen LogP contribution in [-0.4, -0.2) is 20.8 Å². The highest BCUT2D eigenvalue weighted by atomic mass is 16.1. The fraction of sp³-hybridized carbons (Fsp3) is 0.316. The molecule has 1 saturated carbocycles. The minimum Gasteiger partial charge on any atom is -0.320 e. The van der Waals surface area contributed by atoms with Gasteiger partial charge in [0.15, 0.2) is 5.82 Å². The average molecular weight is 305 g/mol. The summed E-state index contributed by atoms with van der Waals surface area (Å²) in [5, 5.41) is 0. The standard InChI is InChI=1S/C19H19N3O/c23-13-14-9-10-18-17(12-14)21-19(16-8-4-5-11-20-16)22(18)15-6-2-1-3-7-15/h4-5,8-13,15H,1-3,6-7H2. The zero-order valence-corrected chi connectivity index (χ0v) is 13.0. The molecule has 0 N–H and O–H groups in total. The van der Waals surface area contributed by atoms with Crippen molar-refractivity contribution in [2.75, 3.05) is 0 Å². The summed E-state index contributed by atoms with van der Waals surface area (Å²) in [5.41, 5.74) is 3.53. The molecule has 0 radical (unpaired) electrons. The summed E-state index contributed by atoms with van der Waals surface area (Å²) in [6.45, 7) is 0. The smallest absolute Gasteiger partial charge is 0.160 e. The van der Waals surface area contributed by atoms with Gasteiger partial charge in [-0.25, -0.2) is 4.98 Å². The minimum absolute atomic E-state index is 0.466. The Morgan fingerprint density at radius 3 is 2.70 bits per heavy atom. The second kappa shape index (κ2) is 5.95. The SMILES string of the molecule is O=Cc1ccc2c(c1)nc(-c1ccccn1)n2C1CCCCC1. The lowest BCUT2D eigenvalue weighted by molar-refractivity contribution is 0.112. The van der Waals surface area contributed by atoms with Gasteiger partial charge in [-0.2, -0.15) is 0 Å². The second-order valence-corrected chi connectivity index (χ2v) is 6.18. The summed E-state index contributed by atoms with van der Waals surface area (Å²) in [6.07, 6.45) is 8.88. The van der Waals surface area contributed by atoms with Crippen molar-refractivity contribution in [1.82, 2.24) is 14.5 Å². The Labute approximate surface area is 135 Å². The predicted molar refractivity (Wildman–Crippen MR) is 90.5 cm³/mol. The highest BCUT2D eigenvalue weighted by Gasteiger charge is 2.22. The van der Waals surface area contributed by atoms with Crippen LogP contribution in [-0.2, 0) is 0 Å². The van der Waals surface area contributed by atoms with E-state index in [0.717, 1.165) is 28.8 Å². The maximum atomic E-state index is 11.1. The molecule has 4 nitrogen and oxygen atoms in total. The molecule has 0 aliphatic heterocycles. The van der Waals surface area contributed by atoms with Crippen LogP contribution in [0.3, 0.4) is 0 Å². The molecule has 0 bridgehead atoms. The molecule has 3 aromatic rings. The van der Waals surface area contributed by atoms with Crippen molar-refractivity contribution in [3.8, 4) is 11.5 Å². The number of pyridine rings is 1. The summed E-state index contributed by atoms with van der Waals surface area (Å²) in [7, 11) is 0. The molecule has 0 atom stereocenters. The zero-order chi connectivity index (χ0) is 15.6. The Morgan fingerprint density at radius 2 is 1.96 bits per heavy atom. The third kappa shape index (κ3) is 2.54. The third-order valence-electron chi connectivity index (χ3n) is 4.68. The molecule has 1 aliphatic rings. The van der Waals surface area contributed by atoms with Crippen molar-refractivity contribution in [2.24, 2.45) is 0 Å². The van der Waals surface area contributed by atoms with Gasteiger partial charge >= 0.3 is 0 Å². The lowest BCUT2D eigenvalue weighted by Gasteiger charge is -2.25. The molecule has 0 amide bonds. The number of carbonyl (C=O) groups is 1. The highest BCUT2D eigenvalue weighted by molar-refractivity contribution is 5.87. The number of hydrogen-bond acceptors (Lipinski definition) is 3. The first-order valence-electron chi connectivity index (χ1n) is 8.25. The van der Waals surface area contributed by atoms with Crippen LogP contribution >= 0.6 is 0 Å². The lowest BCUT2D eigenvalue weighted by atomic mass is 9.95. The van der Waals surface area contributed by atoms with Gasteiger partial charge < -0.3 is 4.57 Å². The van der Waals surface area contributed by atoms with Crippen LogP contribution < -0.4 is 0 Å². The molecular formula is C19H19N3O. The molecule has 0 saturated heterocycles. The second-order valence-electron chi connectivity index (χ2n) is 6.18. The average Bonchev–Trinajstić information content (AvgIpc) is 3.01. The van der Waals surface area contributed by atoms with E-state index in [9.17, 15) is 4.79 Å². The van der Waals surface area contributed by atoms with Crippen LogP contribution in [0.2, 0.25) is 0 Å². The Morgan fingerprint density at radius 1 is 1.09 bits per heavy atom. The van der Waals surface area contributed by atoms with Gasteiger partial charge in [-0.3, -0.25) is 9.78 Å². The Bertz CT molecular complexity index is 832. The quantitative estimate of drug-likeness (QED) is 0.673. The van der Waals surface area contributed by atoms with Gasteiger partial charge in [-0.05, 0) is 43.2 Å². The maximum Gasteiger partial charge on any atom is 0.160 e. The monoisotopic (exact) mass is 305 g/mol. The Kier molecular flexibility index (Phi) is 3.66. The summed E-state index contributed by atoms with van der Waals surface area (Å²) >= 11 is 0. The molecule has 1 fully saturated rings. The fourth-order valence-electron chi connectivity index (χ4n) is 3.57. The highest BCUT2D eigenvalue weighted by Crippen LogP contribution is 2.35. The topological polar surface area (TPSA) is 47.8 Å². The largest absolute Gasteiger partial charge is 0.320 e. The van der Waals surface area contributed by atoms with E-state index in [2.05, 4.69) is 9.55 Å². The van der Waals surface area contributed by atoms with Gasteiger partial charge in [0, 0.05) is 17.8 Å². The number of aromatic nitrogens is 3. The number of nitrogens with zero attached hydrogens (tertiary/aromatic N) is 3. The molecule has 0 spiro atoms. The number of benzene rings is 1. The third-order valence-corrected chi connectivity index (χ3v) is 4.68. The van der Waals surface area contributed by atoms with Crippen molar-refractivity contribution < 1.29 is 4.79 Å². The van der Waals surface area contributed by atoms with Crippen LogP contribution in [0.5, 0.6) is 0 Å². The van der Waals surface area contributed by atoms with Gasteiger partial charge in [0.1, 0.15) is 12.0 Å². The normalized spacial score (nSPS) is 15.8. The van der Waals surface area contributed by atoms with Crippen molar-refractivity contribution >= 4 is 17.3 Å². The maximum absolute atomic E-state index is 11.1. The van der Waals surface area contributed by atoms with Crippen LogP contribution in [0.15, 0.2) is 42.6 Å². The number of fused-ring (bicyclic) bond motifs is 1. The van der Waals surface area contributed by atoms with Crippen molar-refractivity contribution in [1.29, 1.82) is 0 Å². The lowest BCUT2D eigenvalue weighted by Crippen LogP contribution is -2.14. The molecule has 4 rings (SSSR count). The van der Waals surface area contributed by atoms with E-state index in [1.54, 1.807) is 6.20 Å². The Balaban J connectivity index is 1.93. The number of hydrogen-bond donors (Lipinski definition) is 0. The first-order chi connectivity index (χ1) is 11.4. The molecule has 1 aliphatic carbocycles. The number of rotatable bonds is 3. The van der Waals surface area contributed by atoms with E-state index < -0.39 is 0 Å². The van der Waals surface area contributed by atoms with Crippen molar-refractivity contribution in [2.45, 2.75) is 38.1 Å². The first-order valence-corrected chi connectivity index (χ1v) is 8.25. The van der Waals surface area contributed by atoms with E-state index in [4.69, 9.17) is 4.98 Å². The fourth-order valence-corrected chi connectivity index (χ4v) is 3.57. The number of imidazole rings is 1. The predicted octanol–water partition coefficient (Wildman–Crippen LogP) is 4.42. The first kappa shape index (κ1) is 14.1. The van der Waals surface area contributed by atoms with E-state index in [-0.39, 0.29) is 0 Å². The molecule has 2 aromatic heterocycles. The number of aldehydes is 1.